The number of benzene rings is 1. The second kappa shape index (κ2) is 8.37. The van der Waals surface area contributed by atoms with Gasteiger partial charge in [-0.1, -0.05) is 0 Å². The first-order valence-corrected chi connectivity index (χ1v) is 12.7. The van der Waals surface area contributed by atoms with Gasteiger partial charge in [0.2, 0.25) is 0 Å². The third-order valence-corrected chi connectivity index (χ3v) is 8.40. The highest BCUT2D eigenvalue weighted by Crippen LogP contribution is 2.44. The number of aryl methyl sites for hydroxylation is 2. The van der Waals surface area contributed by atoms with Crippen molar-refractivity contribution in [1.82, 2.24) is 33.1 Å². The highest BCUT2D eigenvalue weighted by molar-refractivity contribution is 5.97. The van der Waals surface area contributed by atoms with Crippen molar-refractivity contribution in [2.24, 2.45) is 21.1 Å². The van der Waals surface area contributed by atoms with Crippen LogP contribution < -0.4 is 11.2 Å². The molecule has 2 saturated heterocycles. The van der Waals surface area contributed by atoms with Crippen LogP contribution in [-0.2, 0) is 25.9 Å². The molecule has 12 heteroatoms. The molecule has 2 atom stereocenters. The van der Waals surface area contributed by atoms with Crippen LogP contribution in [0, 0.1) is 0 Å². The minimum absolute atomic E-state index is 0.0447. The smallest absolute Gasteiger partial charge is 0.332 e. The van der Waals surface area contributed by atoms with Gasteiger partial charge in [-0.3, -0.25) is 18.7 Å². The normalized spacial score (nSPS) is 23.5. The van der Waals surface area contributed by atoms with Gasteiger partial charge in [-0.05, 0) is 38.0 Å². The van der Waals surface area contributed by atoms with Crippen molar-refractivity contribution in [2.75, 3.05) is 19.7 Å². The van der Waals surface area contributed by atoms with E-state index in [0.717, 1.165) is 15.6 Å². The molecule has 0 unspecified atom stereocenters. The van der Waals surface area contributed by atoms with Crippen LogP contribution in [0.3, 0.4) is 0 Å². The van der Waals surface area contributed by atoms with Gasteiger partial charge in [0, 0.05) is 46.2 Å². The van der Waals surface area contributed by atoms with Crippen LogP contribution in [0.15, 0.2) is 40.4 Å². The van der Waals surface area contributed by atoms with E-state index < -0.39 is 28.5 Å². The minimum Gasteiger partial charge on any atom is -0.386 e. The first-order valence-electron chi connectivity index (χ1n) is 12.7. The largest absolute Gasteiger partial charge is 0.386 e. The number of aromatic nitrogens is 6. The quantitative estimate of drug-likeness (QED) is 0.411. The Balaban J connectivity index is 1.26. The molecule has 4 aromatic rings. The van der Waals surface area contributed by atoms with Crippen LogP contribution in [0.1, 0.15) is 42.6 Å². The van der Waals surface area contributed by atoms with E-state index in [9.17, 15) is 19.5 Å². The molecule has 1 spiro atoms. The third kappa shape index (κ3) is 3.62. The van der Waals surface area contributed by atoms with Crippen LogP contribution in [0.5, 0.6) is 0 Å². The molecule has 0 radical (unpaired) electrons. The highest BCUT2D eigenvalue weighted by Gasteiger charge is 2.50. The van der Waals surface area contributed by atoms with Crippen LogP contribution in [0.25, 0.3) is 22.2 Å². The molecule has 3 aromatic heterocycles. The van der Waals surface area contributed by atoms with Crippen molar-refractivity contribution in [3.8, 4) is 0 Å². The zero-order chi connectivity index (χ0) is 27.0. The number of nitrogens with zero attached hydrogens (tertiary/aromatic N) is 7. The Kier molecular flexibility index (Phi) is 5.41. The summed E-state index contributed by atoms with van der Waals surface area (Å²) in [4.78, 5) is 49.3. The Labute approximate surface area is 217 Å². The number of piperidine rings is 1. The lowest BCUT2D eigenvalue weighted by Gasteiger charge is -2.51. The maximum atomic E-state index is 13.3. The van der Waals surface area contributed by atoms with Crippen LogP contribution >= 0.6 is 0 Å². The number of ether oxygens (including phenoxy) is 1. The molecule has 0 bridgehead atoms. The van der Waals surface area contributed by atoms with E-state index in [0.29, 0.717) is 37.9 Å². The van der Waals surface area contributed by atoms with Crippen LogP contribution in [-0.4, -0.2) is 75.0 Å². The minimum atomic E-state index is -1.26. The summed E-state index contributed by atoms with van der Waals surface area (Å²) in [5.41, 5.74) is 0.168. The summed E-state index contributed by atoms with van der Waals surface area (Å²) in [6, 6.07) is 5.07. The van der Waals surface area contributed by atoms with E-state index in [1.807, 2.05) is 34.7 Å². The Morgan fingerprint density at radius 3 is 2.55 bits per heavy atom. The molecule has 2 aliphatic heterocycles. The van der Waals surface area contributed by atoms with E-state index >= 15 is 0 Å². The van der Waals surface area contributed by atoms with E-state index in [2.05, 4.69) is 9.97 Å². The number of rotatable bonds is 2. The molecule has 1 N–H and O–H groups in total. The number of fused-ring (bicyclic) bond motifs is 2. The monoisotopic (exact) mass is 521 g/mol. The number of aliphatic hydroxyl groups is 1. The maximum Gasteiger partial charge on any atom is 0.332 e. The molecule has 6 rings (SSSR count). The van der Waals surface area contributed by atoms with Gasteiger partial charge in [0.25, 0.3) is 11.5 Å². The average molecular weight is 522 g/mol. The van der Waals surface area contributed by atoms with E-state index in [-0.39, 0.29) is 23.7 Å². The summed E-state index contributed by atoms with van der Waals surface area (Å²) in [6.45, 7) is 2.78. The van der Waals surface area contributed by atoms with Gasteiger partial charge >= 0.3 is 5.69 Å². The summed E-state index contributed by atoms with van der Waals surface area (Å²) in [5.74, 6) is -0.0447. The summed E-state index contributed by atoms with van der Waals surface area (Å²) in [7, 11) is 4.92. The average Bonchev–Trinajstić information content (AvgIpc) is 3.51. The van der Waals surface area contributed by atoms with Crippen molar-refractivity contribution in [3.63, 3.8) is 0 Å². The fraction of sp³-hybridized carbons (Fsp3) is 0.500. The predicted molar refractivity (Wildman–Crippen MR) is 139 cm³/mol. The highest BCUT2D eigenvalue weighted by atomic mass is 16.5. The Bertz CT molecular complexity index is 1700. The first kappa shape index (κ1) is 24.6. The fourth-order valence-corrected chi connectivity index (χ4v) is 5.94. The second-order valence-electron chi connectivity index (χ2n) is 10.9. The number of amides is 1. The predicted octanol–water partition coefficient (Wildman–Crippen LogP) is 0.708. The Morgan fingerprint density at radius 2 is 1.82 bits per heavy atom. The SMILES string of the molecule is Cn1c(=O)c2c(ncn2[C@H]2CC3(CCN(C(=O)c4ccc5c(c4)ncn5C)CC3)OC[C@]2(C)O)n(C)c1=O. The molecular weight excluding hydrogens is 490 g/mol. The first-order chi connectivity index (χ1) is 18.0. The summed E-state index contributed by atoms with van der Waals surface area (Å²) < 4.78 is 12.3. The molecule has 38 heavy (non-hydrogen) atoms. The van der Waals surface area contributed by atoms with Gasteiger partial charge in [0.15, 0.2) is 11.2 Å². The molecule has 2 aliphatic rings. The molecule has 5 heterocycles. The standard InChI is InChI=1S/C26H31N7O5/c1-25(37)13-38-26(12-19(25)33-15-28-21-20(33)23(35)31(4)24(36)30(21)3)7-9-32(10-8-26)22(34)16-5-6-18-17(11-16)27-14-29(18)2/h5-6,11,14-15,19,37H,7-10,12-13H2,1-4H3/t19-,25-/m0/s1. The maximum absolute atomic E-state index is 13.3. The number of carbonyl (C=O) groups excluding carboxylic acids is 1. The number of imidazole rings is 2. The molecule has 0 saturated carbocycles. The van der Waals surface area contributed by atoms with Crippen molar-refractivity contribution < 1.29 is 14.6 Å². The van der Waals surface area contributed by atoms with Crippen molar-refractivity contribution in [1.29, 1.82) is 0 Å². The number of likely N-dealkylation sites (tertiary alicyclic amines) is 1. The van der Waals surface area contributed by atoms with Gasteiger partial charge in [-0.15, -0.1) is 0 Å². The molecule has 1 amide bonds. The van der Waals surface area contributed by atoms with Crippen LogP contribution in [0.4, 0.5) is 0 Å². The number of hydrogen-bond donors (Lipinski definition) is 1. The third-order valence-electron chi connectivity index (χ3n) is 8.40. The Hall–Kier alpha value is -3.77. The zero-order valence-corrected chi connectivity index (χ0v) is 21.9. The fourth-order valence-electron chi connectivity index (χ4n) is 5.94. The van der Waals surface area contributed by atoms with Crippen molar-refractivity contribution in [3.05, 3.63) is 57.3 Å². The van der Waals surface area contributed by atoms with Gasteiger partial charge in [0.1, 0.15) is 5.60 Å². The molecule has 1 aromatic carbocycles. The lowest BCUT2D eigenvalue weighted by atomic mass is 9.77. The van der Waals surface area contributed by atoms with Gasteiger partial charge < -0.3 is 23.9 Å². The van der Waals surface area contributed by atoms with E-state index in [1.54, 1.807) is 24.9 Å². The molecule has 0 aliphatic carbocycles. The molecule has 2 fully saturated rings. The second-order valence-corrected chi connectivity index (χ2v) is 10.9. The summed E-state index contributed by atoms with van der Waals surface area (Å²) in [5, 5.41) is 11.3. The van der Waals surface area contributed by atoms with Gasteiger partial charge in [0.05, 0.1) is 41.9 Å². The molecule has 12 nitrogen and oxygen atoms in total. The lowest BCUT2D eigenvalue weighted by Crippen LogP contribution is -2.57. The van der Waals surface area contributed by atoms with Crippen molar-refractivity contribution >= 4 is 28.1 Å². The Morgan fingerprint density at radius 1 is 1.08 bits per heavy atom. The van der Waals surface area contributed by atoms with E-state index in [1.165, 1.54) is 17.9 Å². The van der Waals surface area contributed by atoms with Crippen molar-refractivity contribution in [2.45, 2.75) is 43.4 Å². The summed E-state index contributed by atoms with van der Waals surface area (Å²) in [6.07, 6.45) is 4.89. The van der Waals surface area contributed by atoms with Gasteiger partial charge in [-0.25, -0.2) is 14.8 Å². The van der Waals surface area contributed by atoms with E-state index in [4.69, 9.17) is 4.74 Å². The zero-order valence-electron chi connectivity index (χ0n) is 21.9. The molecular formula is C26H31N7O5. The topological polar surface area (TPSA) is 129 Å². The summed E-state index contributed by atoms with van der Waals surface area (Å²) >= 11 is 0. The lowest BCUT2D eigenvalue weighted by molar-refractivity contribution is -0.198. The van der Waals surface area contributed by atoms with Gasteiger partial charge in [-0.2, -0.15) is 0 Å². The molecule has 200 valence electrons. The number of hydrogen-bond acceptors (Lipinski definition) is 7. The van der Waals surface area contributed by atoms with Crippen LogP contribution in [0.2, 0.25) is 0 Å². The number of carbonyl (C=O) groups is 1.